The molecule has 0 bridgehead atoms. The molecule has 2 rings (SSSR count). The van der Waals surface area contributed by atoms with Crippen molar-refractivity contribution in [3.05, 3.63) is 51.7 Å². The molecule has 4 heteroatoms. The predicted octanol–water partition coefficient (Wildman–Crippen LogP) is 2.83. The average molecular weight is 301 g/mol. The van der Waals surface area contributed by atoms with Crippen LogP contribution >= 0.6 is 11.3 Å². The maximum Gasteiger partial charge on any atom is 0.119 e. The molecule has 0 fully saturated rings. The van der Waals surface area contributed by atoms with Crippen molar-refractivity contribution in [3.8, 4) is 17.6 Å². The van der Waals surface area contributed by atoms with E-state index in [0.717, 1.165) is 23.3 Å². The summed E-state index contributed by atoms with van der Waals surface area (Å²) < 4.78 is 11.0. The third-order valence-corrected chi connectivity index (χ3v) is 3.90. The van der Waals surface area contributed by atoms with Gasteiger partial charge in [0, 0.05) is 16.9 Å². The van der Waals surface area contributed by atoms with Crippen molar-refractivity contribution in [1.82, 2.24) is 0 Å². The second-order valence-electron chi connectivity index (χ2n) is 4.41. The zero-order valence-corrected chi connectivity index (χ0v) is 12.9. The van der Waals surface area contributed by atoms with Crippen molar-refractivity contribution in [2.45, 2.75) is 13.0 Å². The highest BCUT2D eigenvalue weighted by Crippen LogP contribution is 2.18. The van der Waals surface area contributed by atoms with Crippen molar-refractivity contribution in [1.29, 1.82) is 0 Å². The molecule has 0 radical (unpaired) electrons. The Labute approximate surface area is 129 Å². The SMILES string of the molecule is COc1ccc(C#CCN)c(COCCc2cccs2)c1. The number of benzene rings is 1. The lowest BCUT2D eigenvalue weighted by molar-refractivity contribution is 0.124. The van der Waals surface area contributed by atoms with E-state index >= 15 is 0 Å². The normalized spacial score (nSPS) is 10.0. The van der Waals surface area contributed by atoms with E-state index in [-0.39, 0.29) is 0 Å². The van der Waals surface area contributed by atoms with E-state index in [2.05, 4.69) is 29.4 Å². The van der Waals surface area contributed by atoms with Gasteiger partial charge in [-0.25, -0.2) is 0 Å². The number of thiophene rings is 1. The molecule has 0 unspecified atom stereocenters. The molecule has 0 saturated heterocycles. The quantitative estimate of drug-likeness (QED) is 0.659. The largest absolute Gasteiger partial charge is 0.497 e. The lowest BCUT2D eigenvalue weighted by atomic mass is 10.1. The Balaban J connectivity index is 1.96. The van der Waals surface area contributed by atoms with E-state index in [9.17, 15) is 0 Å². The Bertz CT molecular complexity index is 611. The number of nitrogens with two attached hydrogens (primary N) is 1. The fourth-order valence-electron chi connectivity index (χ4n) is 1.89. The summed E-state index contributed by atoms with van der Waals surface area (Å²) in [4.78, 5) is 1.34. The Kier molecular flexibility index (Phi) is 6.29. The second-order valence-corrected chi connectivity index (χ2v) is 5.44. The molecule has 0 aliphatic carbocycles. The molecular weight excluding hydrogens is 282 g/mol. The number of ether oxygens (including phenoxy) is 2. The van der Waals surface area contributed by atoms with Crippen LogP contribution in [0.5, 0.6) is 5.75 Å². The molecule has 0 aliphatic rings. The summed E-state index contributed by atoms with van der Waals surface area (Å²) in [6.07, 6.45) is 0.936. The first-order chi connectivity index (χ1) is 10.3. The monoisotopic (exact) mass is 301 g/mol. The maximum absolute atomic E-state index is 5.77. The van der Waals surface area contributed by atoms with Gasteiger partial charge in [-0.2, -0.15) is 0 Å². The van der Waals surface area contributed by atoms with Crippen LogP contribution in [-0.2, 0) is 17.8 Å². The fraction of sp³-hybridized carbons (Fsp3) is 0.294. The van der Waals surface area contributed by atoms with E-state index in [4.69, 9.17) is 15.2 Å². The van der Waals surface area contributed by atoms with Crippen LogP contribution in [0.15, 0.2) is 35.7 Å². The molecule has 0 amide bonds. The number of hydrogen-bond acceptors (Lipinski definition) is 4. The summed E-state index contributed by atoms with van der Waals surface area (Å²) in [7, 11) is 1.65. The van der Waals surface area contributed by atoms with Crippen LogP contribution in [-0.4, -0.2) is 20.3 Å². The Morgan fingerprint density at radius 3 is 2.90 bits per heavy atom. The van der Waals surface area contributed by atoms with Crippen LogP contribution in [0.1, 0.15) is 16.0 Å². The van der Waals surface area contributed by atoms with Gasteiger partial charge in [0.1, 0.15) is 5.75 Å². The van der Waals surface area contributed by atoms with Crippen molar-refractivity contribution < 1.29 is 9.47 Å². The molecule has 3 nitrogen and oxygen atoms in total. The molecule has 0 atom stereocenters. The summed E-state index contributed by atoms with van der Waals surface area (Å²) in [5, 5.41) is 2.08. The highest BCUT2D eigenvalue weighted by atomic mass is 32.1. The lowest BCUT2D eigenvalue weighted by Crippen LogP contribution is -2.01. The van der Waals surface area contributed by atoms with Crippen LogP contribution in [0.2, 0.25) is 0 Å². The van der Waals surface area contributed by atoms with Crippen molar-refractivity contribution in [2.24, 2.45) is 5.73 Å². The zero-order chi connectivity index (χ0) is 14.9. The van der Waals surface area contributed by atoms with Gasteiger partial charge in [-0.1, -0.05) is 17.9 Å². The Hall–Kier alpha value is -1.80. The van der Waals surface area contributed by atoms with Crippen LogP contribution in [0, 0.1) is 11.8 Å². The van der Waals surface area contributed by atoms with Crippen LogP contribution in [0.4, 0.5) is 0 Å². The van der Waals surface area contributed by atoms with Crippen molar-refractivity contribution in [2.75, 3.05) is 20.3 Å². The predicted molar refractivity (Wildman–Crippen MR) is 86.6 cm³/mol. The van der Waals surface area contributed by atoms with Crippen molar-refractivity contribution in [3.63, 3.8) is 0 Å². The van der Waals surface area contributed by atoms with E-state index in [0.29, 0.717) is 19.8 Å². The molecule has 2 N–H and O–H groups in total. The molecule has 2 aromatic rings. The third kappa shape index (κ3) is 4.91. The highest BCUT2D eigenvalue weighted by molar-refractivity contribution is 7.09. The van der Waals surface area contributed by atoms with E-state index in [1.165, 1.54) is 4.88 Å². The van der Waals surface area contributed by atoms with Crippen molar-refractivity contribution >= 4 is 11.3 Å². The maximum atomic E-state index is 5.77. The minimum atomic E-state index is 0.352. The summed E-state index contributed by atoms with van der Waals surface area (Å²) in [6, 6.07) is 9.99. The number of rotatable bonds is 6. The summed E-state index contributed by atoms with van der Waals surface area (Å²) in [5.74, 6) is 6.76. The van der Waals surface area contributed by atoms with Gasteiger partial charge in [0.25, 0.3) is 0 Å². The van der Waals surface area contributed by atoms with Gasteiger partial charge in [-0.05, 0) is 35.2 Å². The first kappa shape index (κ1) is 15.6. The van der Waals surface area contributed by atoms with Crippen LogP contribution < -0.4 is 10.5 Å². The van der Waals surface area contributed by atoms with E-state index < -0.39 is 0 Å². The molecule has 21 heavy (non-hydrogen) atoms. The number of methoxy groups -OCH3 is 1. The average Bonchev–Trinajstić information content (AvgIpc) is 3.03. The van der Waals surface area contributed by atoms with E-state index in [1.807, 2.05) is 18.2 Å². The highest BCUT2D eigenvalue weighted by Gasteiger charge is 2.03. The minimum absolute atomic E-state index is 0.352. The first-order valence-corrected chi connectivity index (χ1v) is 7.67. The van der Waals surface area contributed by atoms with Gasteiger partial charge in [-0.15, -0.1) is 11.3 Å². The van der Waals surface area contributed by atoms with Gasteiger partial charge < -0.3 is 15.2 Å². The Morgan fingerprint density at radius 2 is 2.19 bits per heavy atom. The molecule has 1 heterocycles. The standard InChI is InChI=1S/C17H19NO2S/c1-19-16-7-6-14(4-2-9-18)15(12-16)13-20-10-8-17-5-3-11-21-17/h3,5-7,11-12H,8-10,13,18H2,1H3. The van der Waals surface area contributed by atoms with Gasteiger partial charge in [0.2, 0.25) is 0 Å². The van der Waals surface area contributed by atoms with Gasteiger partial charge >= 0.3 is 0 Å². The molecule has 1 aromatic heterocycles. The lowest BCUT2D eigenvalue weighted by Gasteiger charge is -2.08. The number of hydrogen-bond donors (Lipinski definition) is 1. The second kappa shape index (κ2) is 8.48. The van der Waals surface area contributed by atoms with Gasteiger partial charge in [0.15, 0.2) is 0 Å². The topological polar surface area (TPSA) is 44.5 Å². The zero-order valence-electron chi connectivity index (χ0n) is 12.1. The molecule has 110 valence electrons. The molecular formula is C17H19NO2S. The molecule has 0 aliphatic heterocycles. The molecule has 0 saturated carbocycles. The first-order valence-electron chi connectivity index (χ1n) is 6.79. The third-order valence-electron chi connectivity index (χ3n) is 2.97. The minimum Gasteiger partial charge on any atom is -0.497 e. The van der Waals surface area contributed by atoms with Crippen LogP contribution in [0.3, 0.4) is 0 Å². The van der Waals surface area contributed by atoms with E-state index in [1.54, 1.807) is 18.4 Å². The summed E-state index contributed by atoms with van der Waals surface area (Å²) in [5.41, 5.74) is 7.40. The fourth-order valence-corrected chi connectivity index (χ4v) is 2.58. The van der Waals surface area contributed by atoms with Gasteiger partial charge in [0.05, 0.1) is 26.9 Å². The smallest absolute Gasteiger partial charge is 0.119 e. The summed E-state index contributed by atoms with van der Waals surface area (Å²) in [6.45, 7) is 1.57. The summed E-state index contributed by atoms with van der Waals surface area (Å²) >= 11 is 1.75. The van der Waals surface area contributed by atoms with Crippen LogP contribution in [0.25, 0.3) is 0 Å². The molecule has 0 spiro atoms. The Morgan fingerprint density at radius 1 is 1.29 bits per heavy atom. The molecule has 1 aromatic carbocycles. The van der Waals surface area contributed by atoms with Gasteiger partial charge in [-0.3, -0.25) is 0 Å².